The number of esters is 1. The molecule has 0 amide bonds. The first-order valence-electron chi connectivity index (χ1n) is 4.95. The zero-order valence-electron chi connectivity index (χ0n) is 9.91. The molecule has 3 nitrogen and oxygen atoms in total. The van der Waals surface area contributed by atoms with Crippen molar-refractivity contribution >= 4 is 5.97 Å². The number of carbonyl (C=O) groups excluding carboxylic acids is 1. The molecule has 0 saturated carbocycles. The van der Waals surface area contributed by atoms with Gasteiger partial charge in [0, 0.05) is 0 Å². The van der Waals surface area contributed by atoms with Crippen LogP contribution in [0.4, 0.5) is 26.3 Å². The molecule has 0 bridgehead atoms. The van der Waals surface area contributed by atoms with Gasteiger partial charge in [0.2, 0.25) is 11.4 Å². The van der Waals surface area contributed by atoms with E-state index in [2.05, 4.69) is 16.1 Å². The summed E-state index contributed by atoms with van der Waals surface area (Å²) >= 11 is 0. The van der Waals surface area contributed by atoms with Crippen LogP contribution in [0.2, 0.25) is 0 Å². The van der Waals surface area contributed by atoms with Crippen molar-refractivity contribution in [2.75, 3.05) is 6.61 Å². The standard InChI is InChI=1S/C10H10F6O3/c1-5(11)6(17)19-7(2)4-18-8(3,9(7,12)13)10(14,15)16/h1,4H2,2-3H3. The van der Waals surface area contributed by atoms with Gasteiger partial charge in [0.05, 0.1) is 6.61 Å². The summed E-state index contributed by atoms with van der Waals surface area (Å²) in [6.45, 7) is 1.95. The Labute approximate surface area is 104 Å². The van der Waals surface area contributed by atoms with Gasteiger partial charge in [-0.2, -0.15) is 26.3 Å². The molecule has 1 rings (SSSR count). The van der Waals surface area contributed by atoms with E-state index in [9.17, 15) is 31.1 Å². The number of hydrogen-bond acceptors (Lipinski definition) is 3. The van der Waals surface area contributed by atoms with E-state index in [0.717, 1.165) is 0 Å². The van der Waals surface area contributed by atoms with Gasteiger partial charge < -0.3 is 9.47 Å². The predicted octanol–water partition coefficient (Wildman–Crippen LogP) is 2.76. The molecule has 1 fully saturated rings. The molecule has 0 aromatic carbocycles. The summed E-state index contributed by atoms with van der Waals surface area (Å²) < 4.78 is 86.3. The monoisotopic (exact) mass is 292 g/mol. The average Bonchev–Trinajstić information content (AvgIpc) is 2.39. The molecule has 0 aliphatic carbocycles. The molecule has 2 atom stereocenters. The quantitative estimate of drug-likeness (QED) is 0.446. The highest BCUT2D eigenvalue weighted by molar-refractivity contribution is 5.85. The van der Waals surface area contributed by atoms with Crippen LogP contribution in [-0.2, 0) is 14.3 Å². The molecule has 1 heterocycles. The Kier molecular flexibility index (Phi) is 3.43. The molecule has 1 aliphatic heterocycles. The minimum absolute atomic E-state index is 0.135. The van der Waals surface area contributed by atoms with Crippen molar-refractivity contribution in [3.8, 4) is 0 Å². The zero-order chi connectivity index (χ0) is 15.3. The number of rotatable bonds is 2. The number of halogens is 6. The summed E-state index contributed by atoms with van der Waals surface area (Å²) in [5.41, 5.74) is -6.77. The molecule has 0 radical (unpaired) electrons. The molecule has 0 aromatic heterocycles. The molecule has 1 saturated heterocycles. The number of alkyl halides is 5. The Balaban J connectivity index is 3.15. The van der Waals surface area contributed by atoms with Crippen LogP contribution < -0.4 is 0 Å². The van der Waals surface area contributed by atoms with Crippen LogP contribution in [0.25, 0.3) is 0 Å². The average molecular weight is 292 g/mol. The Morgan fingerprint density at radius 3 is 2.11 bits per heavy atom. The van der Waals surface area contributed by atoms with E-state index >= 15 is 0 Å². The normalized spacial score (nSPS) is 34.1. The minimum Gasteiger partial charge on any atom is -0.445 e. The topological polar surface area (TPSA) is 35.5 Å². The second kappa shape index (κ2) is 4.12. The van der Waals surface area contributed by atoms with Gasteiger partial charge in [-0.1, -0.05) is 6.58 Å². The lowest BCUT2D eigenvalue weighted by molar-refractivity contribution is -0.320. The van der Waals surface area contributed by atoms with Gasteiger partial charge in [-0.05, 0) is 13.8 Å². The van der Waals surface area contributed by atoms with Crippen LogP contribution >= 0.6 is 0 Å². The van der Waals surface area contributed by atoms with Gasteiger partial charge in [-0.3, -0.25) is 0 Å². The highest BCUT2D eigenvalue weighted by Gasteiger charge is 2.80. The second-order valence-corrected chi connectivity index (χ2v) is 4.42. The predicted molar refractivity (Wildman–Crippen MR) is 50.1 cm³/mol. The summed E-state index contributed by atoms with van der Waals surface area (Å²) in [6, 6.07) is 0. The fourth-order valence-electron chi connectivity index (χ4n) is 1.58. The summed E-state index contributed by atoms with van der Waals surface area (Å²) in [4.78, 5) is 10.9. The first kappa shape index (κ1) is 15.8. The SMILES string of the molecule is C=C(F)C(=O)OC1(C)COC(C)(C(F)(F)F)C1(F)F. The maximum Gasteiger partial charge on any atom is 0.423 e. The molecular weight excluding hydrogens is 282 g/mol. The number of hydrogen-bond donors (Lipinski definition) is 0. The highest BCUT2D eigenvalue weighted by Crippen LogP contribution is 2.55. The van der Waals surface area contributed by atoms with E-state index in [1.807, 2.05) is 0 Å². The van der Waals surface area contributed by atoms with Crippen molar-refractivity contribution in [3.05, 3.63) is 12.4 Å². The summed E-state index contributed by atoms with van der Waals surface area (Å²) in [5.74, 6) is -8.15. The van der Waals surface area contributed by atoms with Gasteiger partial charge >= 0.3 is 18.1 Å². The van der Waals surface area contributed by atoms with E-state index in [1.165, 1.54) is 0 Å². The van der Waals surface area contributed by atoms with Gasteiger partial charge in [0.25, 0.3) is 0 Å². The second-order valence-electron chi connectivity index (χ2n) is 4.42. The molecule has 19 heavy (non-hydrogen) atoms. The van der Waals surface area contributed by atoms with E-state index < -0.39 is 41.7 Å². The van der Waals surface area contributed by atoms with Gasteiger partial charge in [0.15, 0.2) is 5.60 Å². The van der Waals surface area contributed by atoms with E-state index in [4.69, 9.17) is 0 Å². The summed E-state index contributed by atoms with van der Waals surface area (Å²) in [7, 11) is 0. The smallest absolute Gasteiger partial charge is 0.423 e. The Bertz CT molecular complexity index is 418. The number of carbonyl (C=O) groups is 1. The Morgan fingerprint density at radius 1 is 1.32 bits per heavy atom. The molecule has 0 N–H and O–H groups in total. The molecule has 2 unspecified atom stereocenters. The third kappa shape index (κ3) is 2.09. The first-order chi connectivity index (χ1) is 8.28. The van der Waals surface area contributed by atoms with E-state index in [0.29, 0.717) is 6.92 Å². The van der Waals surface area contributed by atoms with Crippen LogP contribution in [0.15, 0.2) is 12.4 Å². The third-order valence-corrected chi connectivity index (χ3v) is 2.98. The largest absolute Gasteiger partial charge is 0.445 e. The van der Waals surface area contributed by atoms with Crippen LogP contribution in [0.3, 0.4) is 0 Å². The van der Waals surface area contributed by atoms with Crippen molar-refractivity contribution in [2.24, 2.45) is 0 Å². The molecule has 1 aliphatic rings. The van der Waals surface area contributed by atoms with Gasteiger partial charge in [-0.15, -0.1) is 0 Å². The Morgan fingerprint density at radius 2 is 1.79 bits per heavy atom. The fraction of sp³-hybridized carbons (Fsp3) is 0.700. The van der Waals surface area contributed by atoms with Crippen molar-refractivity contribution in [1.29, 1.82) is 0 Å². The van der Waals surface area contributed by atoms with Crippen LogP contribution in [-0.4, -0.2) is 35.9 Å². The van der Waals surface area contributed by atoms with Crippen molar-refractivity contribution < 1.29 is 40.6 Å². The maximum atomic E-state index is 13.9. The van der Waals surface area contributed by atoms with Crippen molar-refractivity contribution in [2.45, 2.75) is 37.1 Å². The molecule has 9 heteroatoms. The number of ether oxygens (including phenoxy) is 2. The van der Waals surface area contributed by atoms with Crippen LogP contribution in [0.1, 0.15) is 13.8 Å². The summed E-state index contributed by atoms with van der Waals surface area (Å²) in [5, 5.41) is 0. The summed E-state index contributed by atoms with van der Waals surface area (Å²) in [6.07, 6.45) is -5.40. The lowest BCUT2D eigenvalue weighted by atomic mass is 9.87. The van der Waals surface area contributed by atoms with Crippen LogP contribution in [0.5, 0.6) is 0 Å². The Hall–Kier alpha value is -1.25. The van der Waals surface area contributed by atoms with Crippen LogP contribution in [0, 0.1) is 0 Å². The van der Waals surface area contributed by atoms with Gasteiger partial charge in [-0.25, -0.2) is 4.79 Å². The molecule has 110 valence electrons. The third-order valence-electron chi connectivity index (χ3n) is 2.98. The molecular formula is C10H10F6O3. The van der Waals surface area contributed by atoms with Gasteiger partial charge in [0.1, 0.15) is 0 Å². The van der Waals surface area contributed by atoms with E-state index in [-0.39, 0.29) is 6.92 Å². The molecule has 0 spiro atoms. The zero-order valence-corrected chi connectivity index (χ0v) is 9.91. The highest BCUT2D eigenvalue weighted by atomic mass is 19.4. The lowest BCUT2D eigenvalue weighted by Gasteiger charge is -2.36. The van der Waals surface area contributed by atoms with E-state index in [1.54, 1.807) is 0 Å². The van der Waals surface area contributed by atoms with Crippen molar-refractivity contribution in [3.63, 3.8) is 0 Å². The maximum absolute atomic E-state index is 13.9. The lowest BCUT2D eigenvalue weighted by Crippen LogP contribution is -2.61. The minimum atomic E-state index is -5.40. The first-order valence-corrected chi connectivity index (χ1v) is 4.95. The fourth-order valence-corrected chi connectivity index (χ4v) is 1.58. The van der Waals surface area contributed by atoms with Crippen molar-refractivity contribution in [1.82, 2.24) is 0 Å². The molecule has 0 aromatic rings.